The molecule has 3 N–H and O–H groups in total. The van der Waals surface area contributed by atoms with Crippen LogP contribution in [0.2, 0.25) is 0 Å². The molecule has 6 heteroatoms. The summed E-state index contributed by atoms with van der Waals surface area (Å²) in [6.07, 6.45) is 0. The van der Waals surface area contributed by atoms with Crippen molar-refractivity contribution in [2.24, 2.45) is 0 Å². The minimum Gasteiger partial charge on any atom is -0.494 e. The zero-order valence-corrected chi connectivity index (χ0v) is 16.9. The Hall–Kier alpha value is -3.80. The Morgan fingerprint density at radius 1 is 0.867 bits per heavy atom. The third-order valence-electron chi connectivity index (χ3n) is 4.32. The summed E-state index contributed by atoms with van der Waals surface area (Å²) in [5.41, 5.74) is 2.90. The Labute approximate surface area is 176 Å². The second kappa shape index (κ2) is 10.7. The highest BCUT2D eigenvalue weighted by atomic mass is 16.5. The van der Waals surface area contributed by atoms with Crippen molar-refractivity contribution >= 4 is 23.2 Å². The highest BCUT2D eigenvalue weighted by Crippen LogP contribution is 2.16. The predicted molar refractivity (Wildman–Crippen MR) is 119 cm³/mol. The van der Waals surface area contributed by atoms with Gasteiger partial charge in [-0.25, -0.2) is 0 Å². The van der Waals surface area contributed by atoms with Crippen LogP contribution in [-0.2, 0) is 11.3 Å². The second-order valence-electron chi connectivity index (χ2n) is 6.61. The van der Waals surface area contributed by atoms with Crippen molar-refractivity contribution < 1.29 is 14.3 Å². The van der Waals surface area contributed by atoms with Crippen LogP contribution in [0.15, 0.2) is 78.9 Å². The van der Waals surface area contributed by atoms with Crippen molar-refractivity contribution in [3.8, 4) is 5.75 Å². The molecule has 2 amide bonds. The standard InChI is InChI=1S/C24H25N3O3/c1-2-30-22-13-11-20(12-14-22)25-17-23(28)27-21-10-6-9-19(15-21)24(29)26-16-18-7-4-3-5-8-18/h3-15,25H,2,16-17H2,1H3,(H,26,29)(H,27,28). The highest BCUT2D eigenvalue weighted by molar-refractivity contribution is 5.98. The molecule has 6 nitrogen and oxygen atoms in total. The SMILES string of the molecule is CCOc1ccc(NCC(=O)Nc2cccc(C(=O)NCc3ccccc3)c2)cc1. The predicted octanol–water partition coefficient (Wildman–Crippen LogP) is 4.07. The van der Waals surface area contributed by atoms with Crippen molar-refractivity contribution in [3.05, 3.63) is 90.0 Å². The zero-order chi connectivity index (χ0) is 21.2. The summed E-state index contributed by atoms with van der Waals surface area (Å²) in [5, 5.41) is 8.75. The van der Waals surface area contributed by atoms with Gasteiger partial charge < -0.3 is 20.7 Å². The molecule has 0 aromatic heterocycles. The van der Waals surface area contributed by atoms with E-state index < -0.39 is 0 Å². The average molecular weight is 403 g/mol. The van der Waals surface area contributed by atoms with Gasteiger partial charge in [-0.3, -0.25) is 9.59 Å². The molecule has 0 aliphatic heterocycles. The van der Waals surface area contributed by atoms with Crippen LogP contribution in [0.5, 0.6) is 5.75 Å². The van der Waals surface area contributed by atoms with E-state index in [0.29, 0.717) is 24.4 Å². The van der Waals surface area contributed by atoms with E-state index in [1.807, 2.05) is 61.5 Å². The first kappa shape index (κ1) is 20.9. The third kappa shape index (κ3) is 6.38. The molecule has 3 aromatic carbocycles. The fraction of sp³-hybridized carbons (Fsp3) is 0.167. The van der Waals surface area contributed by atoms with E-state index in [1.54, 1.807) is 24.3 Å². The smallest absolute Gasteiger partial charge is 0.251 e. The number of amides is 2. The van der Waals surface area contributed by atoms with E-state index in [2.05, 4.69) is 16.0 Å². The lowest BCUT2D eigenvalue weighted by Gasteiger charge is -2.10. The Morgan fingerprint density at radius 2 is 1.63 bits per heavy atom. The summed E-state index contributed by atoms with van der Waals surface area (Å²) in [7, 11) is 0. The first-order valence-corrected chi connectivity index (χ1v) is 9.83. The maximum atomic E-state index is 12.4. The number of hydrogen-bond donors (Lipinski definition) is 3. The van der Waals surface area contributed by atoms with Crippen LogP contribution in [0, 0.1) is 0 Å². The molecule has 0 aliphatic rings. The van der Waals surface area contributed by atoms with Crippen molar-refractivity contribution in [1.29, 1.82) is 0 Å². The molecule has 3 rings (SSSR count). The molecule has 3 aromatic rings. The Bertz CT molecular complexity index is 973. The van der Waals surface area contributed by atoms with Crippen LogP contribution >= 0.6 is 0 Å². The summed E-state index contributed by atoms with van der Waals surface area (Å²) in [4.78, 5) is 24.6. The lowest BCUT2D eigenvalue weighted by atomic mass is 10.1. The Morgan fingerprint density at radius 3 is 2.37 bits per heavy atom. The molecule has 0 bridgehead atoms. The molecule has 0 heterocycles. The largest absolute Gasteiger partial charge is 0.494 e. The monoisotopic (exact) mass is 403 g/mol. The van der Waals surface area contributed by atoms with Crippen LogP contribution in [0.3, 0.4) is 0 Å². The van der Waals surface area contributed by atoms with Gasteiger partial charge in [0.1, 0.15) is 5.75 Å². The summed E-state index contributed by atoms with van der Waals surface area (Å²) in [6.45, 7) is 3.09. The number of anilines is 2. The van der Waals surface area contributed by atoms with Crippen LogP contribution in [0.25, 0.3) is 0 Å². The molecule has 154 valence electrons. The van der Waals surface area contributed by atoms with Gasteiger partial charge in [-0.1, -0.05) is 36.4 Å². The van der Waals surface area contributed by atoms with E-state index in [9.17, 15) is 9.59 Å². The number of ether oxygens (including phenoxy) is 1. The summed E-state index contributed by atoms with van der Waals surface area (Å²) < 4.78 is 5.40. The minimum absolute atomic E-state index is 0.110. The molecule has 0 radical (unpaired) electrons. The van der Waals surface area contributed by atoms with Crippen molar-refractivity contribution in [2.75, 3.05) is 23.8 Å². The molecular formula is C24H25N3O3. The Kier molecular flexibility index (Phi) is 7.44. The topological polar surface area (TPSA) is 79.5 Å². The van der Waals surface area contributed by atoms with E-state index in [1.165, 1.54) is 0 Å². The van der Waals surface area contributed by atoms with Crippen LogP contribution in [0.4, 0.5) is 11.4 Å². The van der Waals surface area contributed by atoms with E-state index in [4.69, 9.17) is 4.74 Å². The minimum atomic E-state index is -0.203. The highest BCUT2D eigenvalue weighted by Gasteiger charge is 2.08. The van der Waals surface area contributed by atoms with Crippen molar-refractivity contribution in [2.45, 2.75) is 13.5 Å². The van der Waals surface area contributed by atoms with Crippen LogP contribution in [0.1, 0.15) is 22.8 Å². The second-order valence-corrected chi connectivity index (χ2v) is 6.61. The molecule has 0 atom stereocenters. The molecular weight excluding hydrogens is 378 g/mol. The summed E-state index contributed by atoms with van der Waals surface area (Å²) in [6, 6.07) is 24.0. The van der Waals surface area contributed by atoms with E-state index in [-0.39, 0.29) is 18.4 Å². The first-order chi connectivity index (χ1) is 14.6. The molecule has 0 aliphatic carbocycles. The van der Waals surface area contributed by atoms with Crippen LogP contribution < -0.4 is 20.7 Å². The lowest BCUT2D eigenvalue weighted by Crippen LogP contribution is -2.24. The first-order valence-electron chi connectivity index (χ1n) is 9.83. The molecule has 30 heavy (non-hydrogen) atoms. The summed E-state index contributed by atoms with van der Waals surface area (Å²) >= 11 is 0. The number of nitrogens with one attached hydrogen (secondary N) is 3. The van der Waals surface area contributed by atoms with Crippen molar-refractivity contribution in [1.82, 2.24) is 5.32 Å². The fourth-order valence-electron chi connectivity index (χ4n) is 2.84. The van der Waals surface area contributed by atoms with E-state index >= 15 is 0 Å². The maximum absolute atomic E-state index is 12.4. The van der Waals surface area contributed by atoms with Gasteiger partial charge in [-0.05, 0) is 55.0 Å². The molecule has 0 spiro atoms. The van der Waals surface area contributed by atoms with Gasteiger partial charge >= 0.3 is 0 Å². The zero-order valence-electron chi connectivity index (χ0n) is 16.9. The molecule has 0 unspecified atom stereocenters. The van der Waals surface area contributed by atoms with E-state index in [0.717, 1.165) is 17.0 Å². The summed E-state index contributed by atoms with van der Waals surface area (Å²) in [5.74, 6) is 0.392. The van der Waals surface area contributed by atoms with Crippen LogP contribution in [-0.4, -0.2) is 25.0 Å². The van der Waals surface area contributed by atoms with Gasteiger partial charge in [0.05, 0.1) is 13.2 Å². The van der Waals surface area contributed by atoms with Gasteiger partial charge in [-0.2, -0.15) is 0 Å². The van der Waals surface area contributed by atoms with Gasteiger partial charge in [-0.15, -0.1) is 0 Å². The molecule has 0 fully saturated rings. The quantitative estimate of drug-likeness (QED) is 0.503. The normalized spacial score (nSPS) is 10.2. The van der Waals surface area contributed by atoms with Gasteiger partial charge in [0.15, 0.2) is 0 Å². The third-order valence-corrected chi connectivity index (χ3v) is 4.32. The number of benzene rings is 3. The number of carbonyl (C=O) groups is 2. The number of carbonyl (C=O) groups excluding carboxylic acids is 2. The van der Waals surface area contributed by atoms with Gasteiger partial charge in [0, 0.05) is 23.5 Å². The van der Waals surface area contributed by atoms with Crippen molar-refractivity contribution in [3.63, 3.8) is 0 Å². The number of hydrogen-bond acceptors (Lipinski definition) is 4. The Balaban J connectivity index is 1.50. The average Bonchev–Trinajstić information content (AvgIpc) is 2.78. The molecule has 0 saturated carbocycles. The van der Waals surface area contributed by atoms with Gasteiger partial charge in [0.25, 0.3) is 5.91 Å². The maximum Gasteiger partial charge on any atom is 0.251 e. The fourth-order valence-corrected chi connectivity index (χ4v) is 2.84. The molecule has 0 saturated heterocycles. The van der Waals surface area contributed by atoms with Gasteiger partial charge in [0.2, 0.25) is 5.91 Å². The number of rotatable bonds is 9. The lowest BCUT2D eigenvalue weighted by molar-refractivity contribution is -0.114.